The first-order valence-corrected chi connectivity index (χ1v) is 28.9. The molecule has 0 saturated heterocycles. The van der Waals surface area contributed by atoms with Crippen molar-refractivity contribution in [3.63, 3.8) is 0 Å². The van der Waals surface area contributed by atoms with Gasteiger partial charge in [-0.15, -0.1) is 0 Å². The maximum atomic E-state index is 7.05. The van der Waals surface area contributed by atoms with Crippen molar-refractivity contribution in [1.82, 2.24) is 0 Å². The minimum absolute atomic E-state index is 0.764. The summed E-state index contributed by atoms with van der Waals surface area (Å²) in [5.41, 5.74) is 15.4. The van der Waals surface area contributed by atoms with Crippen LogP contribution in [0.4, 0.5) is 34.1 Å². The zero-order valence-corrected chi connectivity index (χ0v) is 45.6. The van der Waals surface area contributed by atoms with Crippen LogP contribution in [0, 0.1) is 0 Å². The van der Waals surface area contributed by atoms with E-state index < -0.39 is 0 Å². The van der Waals surface area contributed by atoms with Crippen LogP contribution in [0.1, 0.15) is 0 Å². The lowest BCUT2D eigenvalue weighted by atomic mass is 10.0. The van der Waals surface area contributed by atoms with Gasteiger partial charge >= 0.3 is 0 Å². The molecule has 0 fully saturated rings. The zero-order chi connectivity index (χ0) is 55.9. The van der Waals surface area contributed by atoms with Crippen LogP contribution in [0.15, 0.2) is 281 Å². The summed E-state index contributed by atoms with van der Waals surface area (Å²) in [4.78, 5) is 4.51. The molecule has 0 aliphatic heterocycles. The first-order valence-electron chi connectivity index (χ1n) is 28.9. The Hall–Kier alpha value is -11.7. The predicted molar refractivity (Wildman–Crippen MR) is 352 cm³/mol. The van der Waals surface area contributed by atoms with Crippen molar-refractivity contribution >= 4 is 198 Å². The third-order valence-electron chi connectivity index (χ3n) is 18.0. The number of para-hydroxylation sites is 2. The molecule has 0 N–H and O–H groups in total. The van der Waals surface area contributed by atoms with Crippen molar-refractivity contribution in [2.75, 3.05) is 9.80 Å². The summed E-state index contributed by atoms with van der Waals surface area (Å²) in [6.07, 6.45) is 0. The molecule has 0 aliphatic rings. The lowest BCUT2D eigenvalue weighted by Crippen LogP contribution is -2.09. The first kappa shape index (κ1) is 45.8. The van der Waals surface area contributed by atoms with Crippen molar-refractivity contribution in [3.8, 4) is 0 Å². The monoisotopic (exact) mass is 1100 g/mol. The van der Waals surface area contributed by atoms with E-state index in [1.807, 2.05) is 24.3 Å². The van der Waals surface area contributed by atoms with Crippen LogP contribution in [0.25, 0.3) is 164 Å². The Morgan fingerprint density at radius 2 is 0.384 bits per heavy atom. The Labute approximate surface area is 486 Å². The van der Waals surface area contributed by atoms with Crippen molar-refractivity contribution < 1.29 is 26.5 Å². The van der Waals surface area contributed by atoms with E-state index in [1.54, 1.807) is 0 Å². The number of rotatable bonds is 6. The highest BCUT2D eigenvalue weighted by atomic mass is 16.3. The molecule has 20 aromatic rings. The largest absolute Gasteiger partial charge is 0.456 e. The molecule has 8 heteroatoms. The molecule has 14 aromatic carbocycles. The number of benzene rings is 14. The molecule has 0 bridgehead atoms. The number of fused-ring (bicyclic) bond motifs is 25. The molecule has 0 unspecified atom stereocenters. The second-order valence-electron chi connectivity index (χ2n) is 22.7. The van der Waals surface area contributed by atoms with Crippen LogP contribution in [0.3, 0.4) is 0 Å². The fraction of sp³-hybridized carbons (Fsp3) is 0. The van der Waals surface area contributed by atoms with E-state index in [2.05, 4.69) is 240 Å². The molecular formula is C78H42N2O6. The van der Waals surface area contributed by atoms with Gasteiger partial charge in [-0.25, -0.2) is 0 Å². The van der Waals surface area contributed by atoms with Gasteiger partial charge in [0, 0.05) is 157 Å². The van der Waals surface area contributed by atoms with E-state index in [-0.39, 0.29) is 0 Å². The summed E-state index contributed by atoms with van der Waals surface area (Å²) in [5.74, 6) is 0. The fourth-order valence-electron chi connectivity index (χ4n) is 14.0. The van der Waals surface area contributed by atoms with Crippen molar-refractivity contribution in [1.29, 1.82) is 0 Å². The van der Waals surface area contributed by atoms with Gasteiger partial charge in [-0.05, 0) is 132 Å². The van der Waals surface area contributed by atoms with Gasteiger partial charge in [0.2, 0.25) is 0 Å². The van der Waals surface area contributed by atoms with Gasteiger partial charge in [-0.1, -0.05) is 97.1 Å². The topological polar surface area (TPSA) is 85.3 Å². The molecule has 0 aliphatic carbocycles. The van der Waals surface area contributed by atoms with Gasteiger partial charge in [-0.2, -0.15) is 0 Å². The Bertz CT molecular complexity index is 5940. The van der Waals surface area contributed by atoms with E-state index in [0.29, 0.717) is 0 Å². The average molecular weight is 1100 g/mol. The first-order chi connectivity index (χ1) is 42.6. The van der Waals surface area contributed by atoms with Crippen molar-refractivity contribution in [3.05, 3.63) is 255 Å². The SMILES string of the molecule is c1ccc2c(c1)ccc1c3ccc(N(c4ccc5c(c4)oc4ccccc45)c4ccc5c(c4)oc4c5ccc5c4ccc4c6ccc(N(c7ccc8c(c7)oc7ccccc78)c7ccc8c(c7)oc7c9ccccc9ccc87)cc6oc45)cc3oc21. The van der Waals surface area contributed by atoms with E-state index >= 15 is 0 Å². The summed E-state index contributed by atoms with van der Waals surface area (Å²) in [6.45, 7) is 0. The molecule has 0 radical (unpaired) electrons. The average Bonchev–Trinajstić information content (AvgIpc) is 2.25. The molecular weight excluding hydrogens is 1060 g/mol. The van der Waals surface area contributed by atoms with Crippen LogP contribution in [0.2, 0.25) is 0 Å². The van der Waals surface area contributed by atoms with E-state index in [0.717, 1.165) is 198 Å². The lowest BCUT2D eigenvalue weighted by Gasteiger charge is -2.25. The second kappa shape index (κ2) is 16.9. The highest BCUT2D eigenvalue weighted by Gasteiger charge is 2.24. The van der Waals surface area contributed by atoms with Gasteiger partial charge in [0.05, 0.1) is 0 Å². The van der Waals surface area contributed by atoms with E-state index in [1.165, 1.54) is 0 Å². The van der Waals surface area contributed by atoms with E-state index in [9.17, 15) is 0 Å². The number of anilines is 6. The molecule has 6 heterocycles. The zero-order valence-electron chi connectivity index (χ0n) is 45.6. The molecule has 0 atom stereocenters. The standard InChI is InChI=1S/C78H42N2O6/c1-3-11-51-43(9-1)17-25-61-57-29-21-47(39-71(57)83-75(51)61)79(45-19-27-55-53-13-5-7-15-67(53)81-69(55)37-45)49-23-31-59-63-33-35-66-65(77(63)85-73(59)41-49)36-34-64-60-32-24-50(42-74(60)86-78(64)66)80(46-20-28-56-54-14-6-8-16-68(54)82-70(56)38-46)48-22-30-58-62-26-18-44-10-2-4-12-52(44)76(62)84-72(58)40-48/h1-42H. The van der Waals surface area contributed by atoms with Crippen LogP contribution < -0.4 is 9.80 Å². The Morgan fingerprint density at radius 3 is 0.721 bits per heavy atom. The van der Waals surface area contributed by atoms with Crippen LogP contribution in [0.5, 0.6) is 0 Å². The molecule has 8 nitrogen and oxygen atoms in total. The predicted octanol–water partition coefficient (Wildman–Crippen LogP) is 23.5. The Balaban J connectivity index is 0.724. The lowest BCUT2D eigenvalue weighted by molar-refractivity contribution is 0.668. The molecule has 86 heavy (non-hydrogen) atoms. The second-order valence-corrected chi connectivity index (χ2v) is 22.7. The van der Waals surface area contributed by atoms with Gasteiger partial charge in [-0.3, -0.25) is 0 Å². The quantitative estimate of drug-likeness (QED) is 0.163. The molecule has 20 rings (SSSR count). The van der Waals surface area contributed by atoms with Gasteiger partial charge < -0.3 is 36.3 Å². The number of furan rings is 6. The third kappa shape index (κ3) is 6.46. The molecule has 400 valence electrons. The maximum absolute atomic E-state index is 7.05. The highest BCUT2D eigenvalue weighted by molar-refractivity contribution is 6.24. The number of nitrogens with zero attached hydrogens (tertiary/aromatic N) is 2. The van der Waals surface area contributed by atoms with Gasteiger partial charge in [0.1, 0.15) is 67.0 Å². The van der Waals surface area contributed by atoms with Crippen LogP contribution in [-0.4, -0.2) is 0 Å². The maximum Gasteiger partial charge on any atom is 0.143 e. The van der Waals surface area contributed by atoms with Gasteiger partial charge in [0.25, 0.3) is 0 Å². The summed E-state index contributed by atoms with van der Waals surface area (Å²) in [5, 5.41) is 19.1. The number of hydrogen-bond donors (Lipinski definition) is 0. The number of hydrogen-bond acceptors (Lipinski definition) is 8. The summed E-state index contributed by atoms with van der Waals surface area (Å²) in [7, 11) is 0. The molecule has 6 aromatic heterocycles. The smallest absolute Gasteiger partial charge is 0.143 e. The van der Waals surface area contributed by atoms with Crippen LogP contribution in [-0.2, 0) is 0 Å². The normalized spacial score (nSPS) is 12.4. The summed E-state index contributed by atoms with van der Waals surface area (Å²) >= 11 is 0. The van der Waals surface area contributed by atoms with Crippen LogP contribution >= 0.6 is 0 Å². The van der Waals surface area contributed by atoms with Gasteiger partial charge in [0.15, 0.2) is 0 Å². The molecule has 0 spiro atoms. The highest BCUT2D eigenvalue weighted by Crippen LogP contribution is 2.48. The minimum Gasteiger partial charge on any atom is -0.456 e. The Morgan fingerprint density at radius 1 is 0.163 bits per heavy atom. The van der Waals surface area contributed by atoms with E-state index in [4.69, 9.17) is 26.5 Å². The fourth-order valence-corrected chi connectivity index (χ4v) is 14.0. The summed E-state index contributed by atoms with van der Waals surface area (Å²) < 4.78 is 40.6. The third-order valence-corrected chi connectivity index (χ3v) is 18.0. The van der Waals surface area contributed by atoms with Crippen molar-refractivity contribution in [2.45, 2.75) is 0 Å². The minimum atomic E-state index is 0.764. The Kier molecular flexibility index (Phi) is 9.03. The van der Waals surface area contributed by atoms with Crippen molar-refractivity contribution in [2.24, 2.45) is 0 Å². The summed E-state index contributed by atoms with van der Waals surface area (Å²) in [6, 6.07) is 89.4. The molecule has 0 amide bonds. The molecule has 0 saturated carbocycles.